The average molecular weight is 268 g/mol. The molecule has 0 spiro atoms. The Morgan fingerprint density at radius 3 is 2.26 bits per heavy atom. The molecule has 0 aromatic carbocycles. The lowest BCUT2D eigenvalue weighted by molar-refractivity contribution is -0.148. The van der Waals surface area contributed by atoms with E-state index in [0.29, 0.717) is 19.4 Å². The van der Waals surface area contributed by atoms with Crippen LogP contribution in [0.5, 0.6) is 0 Å². The molecule has 0 heterocycles. The first-order valence-electron chi connectivity index (χ1n) is 7.41. The monoisotopic (exact) mass is 268 g/mol. The average Bonchev–Trinajstić information content (AvgIpc) is 2.35. The van der Waals surface area contributed by atoms with Gasteiger partial charge in [0.15, 0.2) is 0 Å². The quantitative estimate of drug-likeness (QED) is 0.822. The first kappa shape index (κ1) is 14.2. The van der Waals surface area contributed by atoms with Crippen molar-refractivity contribution in [2.45, 2.75) is 69.9 Å². The van der Waals surface area contributed by atoms with Crippen molar-refractivity contribution in [1.29, 1.82) is 0 Å². The molecule has 0 aliphatic heterocycles. The van der Waals surface area contributed by atoms with Crippen LogP contribution in [-0.4, -0.2) is 40.1 Å². The number of aliphatic carboxylic acids is 1. The minimum atomic E-state index is -1.00. The Morgan fingerprint density at radius 2 is 1.84 bits per heavy atom. The molecule has 0 aromatic heterocycles. The molecular formula is C14H24N2O3. The molecule has 2 N–H and O–H groups in total. The van der Waals surface area contributed by atoms with E-state index in [-0.39, 0.29) is 12.1 Å². The second-order valence-electron chi connectivity index (χ2n) is 5.75. The maximum Gasteiger partial charge on any atom is 0.329 e. The topological polar surface area (TPSA) is 69.6 Å². The Kier molecular flexibility index (Phi) is 4.32. The molecule has 2 amide bonds. The van der Waals surface area contributed by atoms with E-state index < -0.39 is 11.5 Å². The van der Waals surface area contributed by atoms with Gasteiger partial charge in [0.05, 0.1) is 0 Å². The van der Waals surface area contributed by atoms with E-state index in [4.69, 9.17) is 0 Å². The van der Waals surface area contributed by atoms with Gasteiger partial charge in [-0.05, 0) is 39.0 Å². The highest BCUT2D eigenvalue weighted by molar-refractivity contribution is 5.87. The summed E-state index contributed by atoms with van der Waals surface area (Å²) in [5.41, 5.74) is -1.00. The van der Waals surface area contributed by atoms with E-state index in [1.165, 1.54) is 19.3 Å². The maximum absolute atomic E-state index is 12.3. The lowest BCUT2D eigenvalue weighted by Crippen LogP contribution is -2.62. The molecule has 0 bridgehead atoms. The molecule has 2 aliphatic rings. The van der Waals surface area contributed by atoms with Crippen molar-refractivity contribution in [1.82, 2.24) is 10.2 Å². The van der Waals surface area contributed by atoms with Gasteiger partial charge in [-0.15, -0.1) is 0 Å². The highest BCUT2D eigenvalue weighted by atomic mass is 16.4. The van der Waals surface area contributed by atoms with Crippen LogP contribution in [0.4, 0.5) is 4.79 Å². The van der Waals surface area contributed by atoms with Crippen LogP contribution in [0.25, 0.3) is 0 Å². The molecule has 19 heavy (non-hydrogen) atoms. The minimum absolute atomic E-state index is 0.198. The van der Waals surface area contributed by atoms with Crippen LogP contribution in [0.15, 0.2) is 0 Å². The third-order valence-corrected chi connectivity index (χ3v) is 4.58. The first-order chi connectivity index (χ1) is 9.09. The SMILES string of the molecule is CCN(C(=O)NC1(C(=O)O)CCC1)C1CCCCC1. The fourth-order valence-corrected chi connectivity index (χ4v) is 3.16. The Bertz CT molecular complexity index is 347. The van der Waals surface area contributed by atoms with Crippen LogP contribution < -0.4 is 5.32 Å². The number of amides is 2. The summed E-state index contributed by atoms with van der Waals surface area (Å²) in [6.45, 7) is 2.61. The number of nitrogens with one attached hydrogen (secondary N) is 1. The number of hydrogen-bond acceptors (Lipinski definition) is 2. The lowest BCUT2D eigenvalue weighted by atomic mass is 9.77. The summed E-state index contributed by atoms with van der Waals surface area (Å²) in [4.78, 5) is 25.5. The molecule has 108 valence electrons. The normalized spacial score (nSPS) is 22.4. The Balaban J connectivity index is 1.98. The number of hydrogen-bond donors (Lipinski definition) is 2. The van der Waals surface area contributed by atoms with Crippen molar-refractivity contribution in [3.05, 3.63) is 0 Å². The molecular weight excluding hydrogens is 244 g/mol. The highest BCUT2D eigenvalue weighted by Crippen LogP contribution is 2.32. The molecule has 0 aromatic rings. The molecule has 2 aliphatic carbocycles. The van der Waals surface area contributed by atoms with E-state index in [0.717, 1.165) is 19.3 Å². The van der Waals surface area contributed by atoms with Crippen LogP contribution in [0.2, 0.25) is 0 Å². The minimum Gasteiger partial charge on any atom is -0.480 e. The smallest absolute Gasteiger partial charge is 0.329 e. The predicted octanol–water partition coefficient (Wildman–Crippen LogP) is 2.36. The van der Waals surface area contributed by atoms with Crippen LogP contribution in [0.3, 0.4) is 0 Å². The van der Waals surface area contributed by atoms with Gasteiger partial charge in [-0.3, -0.25) is 0 Å². The van der Waals surface area contributed by atoms with Crippen molar-refractivity contribution in [2.24, 2.45) is 0 Å². The molecule has 5 nitrogen and oxygen atoms in total. The molecule has 0 atom stereocenters. The zero-order valence-electron chi connectivity index (χ0n) is 11.7. The number of carboxylic acid groups (broad SMARTS) is 1. The molecule has 2 fully saturated rings. The van der Waals surface area contributed by atoms with E-state index in [2.05, 4.69) is 5.32 Å². The Hall–Kier alpha value is -1.26. The molecule has 5 heteroatoms. The number of carboxylic acids is 1. The summed E-state index contributed by atoms with van der Waals surface area (Å²) in [5, 5.41) is 12.0. The summed E-state index contributed by atoms with van der Waals surface area (Å²) in [7, 11) is 0. The van der Waals surface area contributed by atoms with Crippen molar-refractivity contribution < 1.29 is 14.7 Å². The van der Waals surface area contributed by atoms with E-state index in [1.54, 1.807) is 0 Å². The highest BCUT2D eigenvalue weighted by Gasteiger charge is 2.46. The first-order valence-corrected chi connectivity index (χ1v) is 7.41. The molecule has 0 saturated heterocycles. The summed E-state index contributed by atoms with van der Waals surface area (Å²) < 4.78 is 0. The van der Waals surface area contributed by atoms with Gasteiger partial charge in [-0.25, -0.2) is 9.59 Å². The van der Waals surface area contributed by atoms with Crippen LogP contribution in [0, 0.1) is 0 Å². The van der Waals surface area contributed by atoms with Crippen LogP contribution in [-0.2, 0) is 4.79 Å². The molecule has 0 unspecified atom stereocenters. The van der Waals surface area contributed by atoms with Gasteiger partial charge in [0.1, 0.15) is 5.54 Å². The van der Waals surface area contributed by atoms with Gasteiger partial charge in [-0.2, -0.15) is 0 Å². The zero-order valence-corrected chi connectivity index (χ0v) is 11.7. The van der Waals surface area contributed by atoms with E-state index in [9.17, 15) is 14.7 Å². The fraction of sp³-hybridized carbons (Fsp3) is 0.857. The Labute approximate surface area is 114 Å². The summed E-state index contributed by atoms with van der Waals surface area (Å²) >= 11 is 0. The van der Waals surface area contributed by atoms with Gasteiger partial charge in [0, 0.05) is 12.6 Å². The van der Waals surface area contributed by atoms with E-state index in [1.807, 2.05) is 11.8 Å². The third-order valence-electron chi connectivity index (χ3n) is 4.58. The maximum atomic E-state index is 12.3. The predicted molar refractivity (Wildman–Crippen MR) is 72.0 cm³/mol. The van der Waals surface area contributed by atoms with Gasteiger partial charge in [0.2, 0.25) is 0 Å². The molecule has 2 saturated carbocycles. The van der Waals surface area contributed by atoms with Crippen molar-refractivity contribution in [3.8, 4) is 0 Å². The van der Waals surface area contributed by atoms with Gasteiger partial charge in [-0.1, -0.05) is 19.3 Å². The lowest BCUT2D eigenvalue weighted by Gasteiger charge is -2.41. The number of carbonyl (C=O) groups is 2. The largest absolute Gasteiger partial charge is 0.480 e. The van der Waals surface area contributed by atoms with Crippen molar-refractivity contribution in [3.63, 3.8) is 0 Å². The third kappa shape index (κ3) is 2.85. The number of rotatable bonds is 4. The van der Waals surface area contributed by atoms with E-state index >= 15 is 0 Å². The second-order valence-corrected chi connectivity index (χ2v) is 5.75. The van der Waals surface area contributed by atoms with Gasteiger partial charge >= 0.3 is 12.0 Å². The van der Waals surface area contributed by atoms with Crippen LogP contribution >= 0.6 is 0 Å². The second kappa shape index (κ2) is 5.80. The molecule has 0 radical (unpaired) electrons. The summed E-state index contributed by atoms with van der Waals surface area (Å²) in [6, 6.07) is 0.0844. The van der Waals surface area contributed by atoms with Gasteiger partial charge in [0.25, 0.3) is 0 Å². The summed E-state index contributed by atoms with van der Waals surface area (Å²) in [6.07, 6.45) is 7.64. The summed E-state index contributed by atoms with van der Waals surface area (Å²) in [5.74, 6) is -0.896. The number of carbonyl (C=O) groups excluding carboxylic acids is 1. The Morgan fingerprint density at radius 1 is 1.21 bits per heavy atom. The zero-order chi connectivity index (χ0) is 13.9. The number of nitrogens with zero attached hydrogens (tertiary/aromatic N) is 1. The molecule has 2 rings (SSSR count). The van der Waals surface area contributed by atoms with Crippen molar-refractivity contribution >= 4 is 12.0 Å². The standard InChI is InChI=1S/C14H24N2O3/c1-2-16(11-7-4-3-5-8-11)13(19)15-14(12(17)18)9-6-10-14/h11H,2-10H2,1H3,(H,15,19)(H,17,18). The van der Waals surface area contributed by atoms with Crippen LogP contribution in [0.1, 0.15) is 58.3 Å². The van der Waals surface area contributed by atoms with Gasteiger partial charge < -0.3 is 15.3 Å². The fourth-order valence-electron chi connectivity index (χ4n) is 3.16. The van der Waals surface area contributed by atoms with Crippen molar-refractivity contribution in [2.75, 3.05) is 6.54 Å². The number of urea groups is 1.